The molecule has 8 heteroatoms. The molecule has 4 rings (SSSR count). The first-order valence-corrected chi connectivity index (χ1v) is 9.58. The van der Waals surface area contributed by atoms with Crippen molar-refractivity contribution in [3.8, 4) is 0 Å². The fourth-order valence-corrected chi connectivity index (χ4v) is 3.74. The number of nitrogens with one attached hydrogen (secondary N) is 1. The highest BCUT2D eigenvalue weighted by molar-refractivity contribution is 5.91. The van der Waals surface area contributed by atoms with Crippen molar-refractivity contribution < 1.29 is 9.59 Å². The monoisotopic (exact) mass is 368 g/mol. The van der Waals surface area contributed by atoms with Gasteiger partial charge in [0.05, 0.1) is 12.2 Å². The van der Waals surface area contributed by atoms with Gasteiger partial charge in [-0.05, 0) is 30.5 Å². The zero-order chi connectivity index (χ0) is 18.6. The molecule has 142 valence electrons. The maximum atomic E-state index is 12.5. The van der Waals surface area contributed by atoms with Crippen LogP contribution in [0.25, 0.3) is 0 Å². The number of hydrogen-bond donors (Lipinski definition) is 1. The molecule has 3 heterocycles. The number of pyridine rings is 1. The van der Waals surface area contributed by atoms with Gasteiger partial charge in [0, 0.05) is 37.9 Å². The molecule has 2 aromatic rings. The molecule has 0 atom stereocenters. The van der Waals surface area contributed by atoms with Crippen LogP contribution in [0.5, 0.6) is 0 Å². The Morgan fingerprint density at radius 2 is 1.85 bits per heavy atom. The lowest BCUT2D eigenvalue weighted by molar-refractivity contribution is -0.142. The topological polar surface area (TPSA) is 93.0 Å². The van der Waals surface area contributed by atoms with Gasteiger partial charge in [0.2, 0.25) is 5.91 Å². The Morgan fingerprint density at radius 1 is 1.11 bits per heavy atom. The van der Waals surface area contributed by atoms with Gasteiger partial charge in [0.15, 0.2) is 5.69 Å². The number of aromatic nitrogens is 4. The molecule has 1 aliphatic carbocycles. The molecule has 0 unspecified atom stereocenters. The first-order valence-electron chi connectivity index (χ1n) is 9.58. The molecule has 0 bridgehead atoms. The Balaban J connectivity index is 1.27. The summed E-state index contributed by atoms with van der Waals surface area (Å²) in [5.41, 5.74) is 1.27. The molecule has 2 fully saturated rings. The van der Waals surface area contributed by atoms with Gasteiger partial charge in [-0.15, -0.1) is 5.10 Å². The molecule has 2 aromatic heterocycles. The predicted molar refractivity (Wildman–Crippen MR) is 97.6 cm³/mol. The zero-order valence-corrected chi connectivity index (χ0v) is 15.3. The maximum Gasteiger partial charge on any atom is 0.273 e. The van der Waals surface area contributed by atoms with Crippen molar-refractivity contribution in [3.05, 3.63) is 42.0 Å². The van der Waals surface area contributed by atoms with Crippen LogP contribution < -0.4 is 5.32 Å². The van der Waals surface area contributed by atoms with E-state index < -0.39 is 0 Å². The van der Waals surface area contributed by atoms with Gasteiger partial charge in [-0.25, -0.2) is 4.68 Å². The van der Waals surface area contributed by atoms with Crippen LogP contribution >= 0.6 is 0 Å². The quantitative estimate of drug-likeness (QED) is 0.865. The molecule has 27 heavy (non-hydrogen) atoms. The van der Waals surface area contributed by atoms with Crippen molar-refractivity contribution in [1.29, 1.82) is 0 Å². The van der Waals surface area contributed by atoms with Crippen LogP contribution in [0.3, 0.4) is 0 Å². The van der Waals surface area contributed by atoms with Gasteiger partial charge in [-0.2, -0.15) is 0 Å². The molecule has 0 spiro atoms. The van der Waals surface area contributed by atoms with Gasteiger partial charge in [0.1, 0.15) is 0 Å². The van der Waals surface area contributed by atoms with E-state index in [9.17, 15) is 9.59 Å². The predicted octanol–water partition coefficient (Wildman–Crippen LogP) is 1.57. The number of carbonyl (C=O) groups is 2. The zero-order valence-electron chi connectivity index (χ0n) is 15.3. The van der Waals surface area contributed by atoms with E-state index in [1.54, 1.807) is 23.3 Å². The van der Waals surface area contributed by atoms with Crippen molar-refractivity contribution in [2.24, 2.45) is 5.92 Å². The van der Waals surface area contributed by atoms with Gasteiger partial charge in [-0.1, -0.05) is 24.5 Å². The van der Waals surface area contributed by atoms with Crippen LogP contribution in [0.1, 0.15) is 54.2 Å². The van der Waals surface area contributed by atoms with Crippen LogP contribution in [-0.2, 0) is 11.3 Å². The minimum absolute atomic E-state index is 0.104. The largest absolute Gasteiger partial charge is 0.347 e. The van der Waals surface area contributed by atoms with E-state index in [-0.39, 0.29) is 23.8 Å². The van der Waals surface area contributed by atoms with Crippen molar-refractivity contribution in [1.82, 2.24) is 30.2 Å². The van der Waals surface area contributed by atoms with E-state index in [0.717, 1.165) is 31.2 Å². The van der Waals surface area contributed by atoms with Crippen LogP contribution in [0.4, 0.5) is 0 Å². The van der Waals surface area contributed by atoms with E-state index in [1.807, 2.05) is 17.0 Å². The van der Waals surface area contributed by atoms with Gasteiger partial charge in [0.25, 0.3) is 5.91 Å². The normalized spacial score (nSPS) is 18.1. The first-order chi connectivity index (χ1) is 13.2. The molecule has 2 amide bonds. The molecule has 0 aromatic carbocycles. The number of hydrogen-bond acceptors (Lipinski definition) is 5. The number of carbonyl (C=O) groups excluding carboxylic acids is 2. The van der Waals surface area contributed by atoms with E-state index in [2.05, 4.69) is 20.6 Å². The second kappa shape index (κ2) is 7.85. The Hall–Kier alpha value is -2.77. The first kappa shape index (κ1) is 17.6. The van der Waals surface area contributed by atoms with E-state index >= 15 is 0 Å². The average molecular weight is 368 g/mol. The highest BCUT2D eigenvalue weighted by Crippen LogP contribution is 2.29. The summed E-state index contributed by atoms with van der Waals surface area (Å²) in [6, 6.07) is 3.80. The minimum Gasteiger partial charge on any atom is -0.347 e. The van der Waals surface area contributed by atoms with Crippen LogP contribution in [-0.4, -0.2) is 49.8 Å². The Labute approximate surface area is 158 Å². The molecule has 1 saturated heterocycles. The molecule has 0 radical (unpaired) electrons. The summed E-state index contributed by atoms with van der Waals surface area (Å²) < 4.78 is 1.70. The Bertz CT molecular complexity index is 794. The summed E-state index contributed by atoms with van der Waals surface area (Å²) in [5.74, 6) is 0.221. The summed E-state index contributed by atoms with van der Waals surface area (Å²) >= 11 is 0. The lowest BCUT2D eigenvalue weighted by Gasteiger charge is -2.41. The molecule has 8 nitrogen and oxygen atoms in total. The smallest absolute Gasteiger partial charge is 0.273 e. The van der Waals surface area contributed by atoms with Gasteiger partial charge in [-0.3, -0.25) is 14.6 Å². The van der Waals surface area contributed by atoms with Crippen molar-refractivity contribution >= 4 is 11.8 Å². The minimum atomic E-state index is -0.257. The molecule has 2 aliphatic rings. The summed E-state index contributed by atoms with van der Waals surface area (Å²) in [6.45, 7) is 1.72. The fourth-order valence-electron chi connectivity index (χ4n) is 3.74. The van der Waals surface area contributed by atoms with E-state index in [0.29, 0.717) is 25.3 Å². The number of nitrogens with zero attached hydrogens (tertiary/aromatic N) is 5. The summed E-state index contributed by atoms with van der Waals surface area (Å²) in [6.07, 6.45) is 10.6. The SMILES string of the molecule is O=C(NCc1ccncc1)c1cn(C2CN(C(=O)C3CCCCC3)C2)nn1. The second-order valence-electron chi connectivity index (χ2n) is 7.35. The molecule has 1 saturated carbocycles. The summed E-state index contributed by atoms with van der Waals surface area (Å²) in [4.78, 5) is 30.6. The number of rotatable bonds is 5. The third-order valence-corrected chi connectivity index (χ3v) is 5.45. The highest BCUT2D eigenvalue weighted by atomic mass is 16.2. The van der Waals surface area contributed by atoms with Crippen molar-refractivity contribution in [2.75, 3.05) is 13.1 Å². The lowest BCUT2D eigenvalue weighted by atomic mass is 9.87. The third kappa shape index (κ3) is 3.99. The van der Waals surface area contributed by atoms with E-state index in [1.165, 1.54) is 6.42 Å². The summed E-state index contributed by atoms with van der Waals surface area (Å²) in [7, 11) is 0. The molecular weight excluding hydrogens is 344 g/mol. The van der Waals surface area contributed by atoms with Gasteiger partial charge >= 0.3 is 0 Å². The Kier molecular flexibility index (Phi) is 5.13. The van der Waals surface area contributed by atoms with Crippen LogP contribution in [0.2, 0.25) is 0 Å². The average Bonchev–Trinajstić information content (AvgIpc) is 3.16. The fraction of sp³-hybridized carbons (Fsp3) is 0.526. The Morgan fingerprint density at radius 3 is 2.59 bits per heavy atom. The molecular formula is C19H24N6O2. The van der Waals surface area contributed by atoms with E-state index in [4.69, 9.17) is 0 Å². The lowest BCUT2D eigenvalue weighted by Crippen LogP contribution is -2.53. The molecule has 1 aliphatic heterocycles. The van der Waals surface area contributed by atoms with Crippen molar-refractivity contribution in [2.45, 2.75) is 44.7 Å². The second-order valence-corrected chi connectivity index (χ2v) is 7.35. The van der Waals surface area contributed by atoms with Crippen molar-refractivity contribution in [3.63, 3.8) is 0 Å². The van der Waals surface area contributed by atoms with Gasteiger partial charge < -0.3 is 10.2 Å². The maximum absolute atomic E-state index is 12.5. The molecule has 1 N–H and O–H groups in total. The number of likely N-dealkylation sites (tertiary alicyclic amines) is 1. The van der Waals surface area contributed by atoms with Crippen LogP contribution in [0.15, 0.2) is 30.7 Å². The third-order valence-electron chi connectivity index (χ3n) is 5.45. The summed E-state index contributed by atoms with van der Waals surface area (Å²) in [5, 5.41) is 10.9. The standard InChI is InChI=1S/C19H24N6O2/c26-18(21-10-14-6-8-20-9-7-14)17-13-25(23-22-17)16-11-24(12-16)19(27)15-4-2-1-3-5-15/h6-9,13,15-16H,1-5,10-12H2,(H,21,26). The van der Waals surface area contributed by atoms with Crippen LogP contribution in [0, 0.1) is 5.92 Å². The highest BCUT2D eigenvalue weighted by Gasteiger charge is 2.36. The number of amides is 2.